The Bertz CT molecular complexity index is 498. The van der Waals surface area contributed by atoms with Crippen LogP contribution in [-0.2, 0) is 4.74 Å². The van der Waals surface area contributed by atoms with Crippen molar-refractivity contribution in [3.8, 4) is 11.8 Å². The van der Waals surface area contributed by atoms with Crippen molar-refractivity contribution in [3.63, 3.8) is 0 Å². The van der Waals surface area contributed by atoms with Crippen LogP contribution in [0.1, 0.15) is 34.3 Å². The first kappa shape index (κ1) is 14.2. The monoisotopic (exact) mass is 250 g/mol. The number of methoxy groups -OCH3 is 1. The van der Waals surface area contributed by atoms with Crippen LogP contribution in [0.5, 0.6) is 0 Å². The lowest BCUT2D eigenvalue weighted by Crippen LogP contribution is -2.06. The Hall–Kier alpha value is -1.86. The van der Waals surface area contributed by atoms with E-state index >= 15 is 0 Å². The number of aliphatic hydroxyl groups is 1. The van der Waals surface area contributed by atoms with Gasteiger partial charge in [-0.1, -0.05) is 11.8 Å². The SMILES string of the molecule is COC(=O)c1cc(F)cc(C)c1C#CCCCO. The average Bonchev–Trinajstić information content (AvgIpc) is 2.35. The molecule has 0 aliphatic rings. The van der Waals surface area contributed by atoms with Crippen LogP contribution >= 0.6 is 0 Å². The molecule has 1 N–H and O–H groups in total. The number of esters is 1. The molecule has 0 spiro atoms. The average molecular weight is 250 g/mol. The fourth-order valence-electron chi connectivity index (χ4n) is 1.50. The summed E-state index contributed by atoms with van der Waals surface area (Å²) in [6.07, 6.45) is 1.09. The van der Waals surface area contributed by atoms with Crippen molar-refractivity contribution in [2.75, 3.05) is 13.7 Å². The van der Waals surface area contributed by atoms with Gasteiger partial charge in [0.2, 0.25) is 0 Å². The fraction of sp³-hybridized carbons (Fsp3) is 0.357. The molecule has 0 unspecified atom stereocenters. The van der Waals surface area contributed by atoms with Crippen LogP contribution in [0.15, 0.2) is 12.1 Å². The van der Waals surface area contributed by atoms with Gasteiger partial charge >= 0.3 is 5.97 Å². The van der Waals surface area contributed by atoms with Crippen LogP contribution < -0.4 is 0 Å². The van der Waals surface area contributed by atoms with Crippen molar-refractivity contribution in [2.45, 2.75) is 19.8 Å². The summed E-state index contributed by atoms with van der Waals surface area (Å²) in [5.41, 5.74) is 1.19. The predicted molar refractivity (Wildman–Crippen MR) is 65.7 cm³/mol. The zero-order valence-electron chi connectivity index (χ0n) is 10.4. The summed E-state index contributed by atoms with van der Waals surface area (Å²) in [6, 6.07) is 2.44. The Morgan fingerprint density at radius 2 is 2.22 bits per heavy atom. The van der Waals surface area contributed by atoms with Crippen LogP contribution in [0.2, 0.25) is 0 Å². The third-order valence-electron chi connectivity index (χ3n) is 2.38. The van der Waals surface area contributed by atoms with Crippen molar-refractivity contribution in [2.24, 2.45) is 0 Å². The van der Waals surface area contributed by atoms with Crippen molar-refractivity contribution >= 4 is 5.97 Å². The van der Waals surface area contributed by atoms with Crippen LogP contribution in [0.4, 0.5) is 4.39 Å². The standard InChI is InChI=1S/C14H15FO3/c1-10-8-11(15)9-13(14(17)18-2)12(10)6-4-3-5-7-16/h8-9,16H,3,5,7H2,1-2H3. The molecule has 0 amide bonds. The molecule has 0 aromatic heterocycles. The Morgan fingerprint density at radius 1 is 1.50 bits per heavy atom. The molecule has 3 nitrogen and oxygen atoms in total. The largest absolute Gasteiger partial charge is 0.465 e. The summed E-state index contributed by atoms with van der Waals surface area (Å²) < 4.78 is 17.9. The molecule has 0 aliphatic heterocycles. The van der Waals surface area contributed by atoms with Crippen LogP contribution in [0.25, 0.3) is 0 Å². The van der Waals surface area contributed by atoms with Crippen molar-refractivity contribution in [3.05, 3.63) is 34.6 Å². The number of benzene rings is 1. The molecular weight excluding hydrogens is 235 g/mol. The molecule has 0 bridgehead atoms. The zero-order chi connectivity index (χ0) is 13.5. The van der Waals surface area contributed by atoms with E-state index in [-0.39, 0.29) is 12.2 Å². The van der Waals surface area contributed by atoms with Gasteiger partial charge < -0.3 is 9.84 Å². The minimum atomic E-state index is -0.607. The van der Waals surface area contributed by atoms with Crippen LogP contribution in [-0.4, -0.2) is 24.8 Å². The number of aryl methyl sites for hydroxylation is 1. The van der Waals surface area contributed by atoms with E-state index in [1.807, 2.05) is 0 Å². The summed E-state index contributed by atoms with van der Waals surface area (Å²) in [4.78, 5) is 11.5. The number of aliphatic hydroxyl groups excluding tert-OH is 1. The maximum Gasteiger partial charge on any atom is 0.339 e. The van der Waals surface area contributed by atoms with E-state index in [0.29, 0.717) is 24.0 Å². The molecule has 0 fully saturated rings. The first-order valence-corrected chi connectivity index (χ1v) is 5.58. The van der Waals surface area contributed by atoms with E-state index in [0.717, 1.165) is 6.07 Å². The van der Waals surface area contributed by atoms with E-state index < -0.39 is 11.8 Å². The minimum Gasteiger partial charge on any atom is -0.465 e. The highest BCUT2D eigenvalue weighted by atomic mass is 19.1. The lowest BCUT2D eigenvalue weighted by Gasteiger charge is -2.06. The Morgan fingerprint density at radius 3 is 2.83 bits per heavy atom. The highest BCUT2D eigenvalue weighted by Gasteiger charge is 2.14. The van der Waals surface area contributed by atoms with Gasteiger partial charge in [-0.3, -0.25) is 0 Å². The molecule has 0 radical (unpaired) electrons. The van der Waals surface area contributed by atoms with Crippen LogP contribution in [0, 0.1) is 24.6 Å². The Labute approximate surface area is 106 Å². The second-order valence-corrected chi connectivity index (χ2v) is 3.77. The number of halogens is 1. The molecule has 96 valence electrons. The Balaban J connectivity index is 3.14. The van der Waals surface area contributed by atoms with Gasteiger partial charge in [-0.25, -0.2) is 9.18 Å². The normalized spacial score (nSPS) is 9.56. The van der Waals surface area contributed by atoms with Crippen molar-refractivity contribution in [1.29, 1.82) is 0 Å². The van der Waals surface area contributed by atoms with Gasteiger partial charge in [0.15, 0.2) is 0 Å². The van der Waals surface area contributed by atoms with E-state index in [2.05, 4.69) is 16.6 Å². The molecule has 0 saturated heterocycles. The van der Waals surface area contributed by atoms with E-state index in [4.69, 9.17) is 5.11 Å². The van der Waals surface area contributed by atoms with Crippen LogP contribution in [0.3, 0.4) is 0 Å². The number of carbonyl (C=O) groups is 1. The van der Waals surface area contributed by atoms with Crippen molar-refractivity contribution in [1.82, 2.24) is 0 Å². The molecule has 4 heteroatoms. The number of unbranched alkanes of at least 4 members (excludes halogenated alkanes) is 1. The summed E-state index contributed by atoms with van der Waals surface area (Å²) in [7, 11) is 1.24. The van der Waals surface area contributed by atoms with E-state index in [1.54, 1.807) is 6.92 Å². The Kier molecular flexibility index (Phi) is 5.34. The molecule has 0 saturated carbocycles. The smallest absolute Gasteiger partial charge is 0.339 e. The number of hydrogen-bond acceptors (Lipinski definition) is 3. The minimum absolute atomic E-state index is 0.0704. The second kappa shape index (κ2) is 6.77. The third-order valence-corrected chi connectivity index (χ3v) is 2.38. The second-order valence-electron chi connectivity index (χ2n) is 3.77. The third kappa shape index (κ3) is 3.57. The van der Waals surface area contributed by atoms with Gasteiger partial charge in [-0.2, -0.15) is 0 Å². The zero-order valence-corrected chi connectivity index (χ0v) is 10.4. The molecule has 18 heavy (non-hydrogen) atoms. The number of carbonyl (C=O) groups excluding carboxylic acids is 1. The van der Waals surface area contributed by atoms with Gasteiger partial charge in [-0.05, 0) is 31.0 Å². The summed E-state index contributed by atoms with van der Waals surface area (Å²) in [5, 5.41) is 8.64. The fourth-order valence-corrected chi connectivity index (χ4v) is 1.50. The molecule has 0 aliphatic carbocycles. The molecule has 0 heterocycles. The molecule has 1 aromatic carbocycles. The van der Waals surface area contributed by atoms with E-state index in [1.165, 1.54) is 13.2 Å². The topological polar surface area (TPSA) is 46.5 Å². The van der Waals surface area contributed by atoms with Gasteiger partial charge in [0.05, 0.1) is 12.7 Å². The predicted octanol–water partition coefficient (Wildman–Crippen LogP) is 2.04. The summed E-state index contributed by atoms with van der Waals surface area (Å²) in [6.45, 7) is 1.76. The van der Waals surface area contributed by atoms with Gasteiger partial charge in [0.25, 0.3) is 0 Å². The van der Waals surface area contributed by atoms with Gasteiger partial charge in [-0.15, -0.1) is 0 Å². The lowest BCUT2D eigenvalue weighted by atomic mass is 10.0. The highest BCUT2D eigenvalue weighted by molar-refractivity contribution is 5.92. The number of rotatable bonds is 3. The van der Waals surface area contributed by atoms with E-state index in [9.17, 15) is 9.18 Å². The molecule has 1 aromatic rings. The van der Waals surface area contributed by atoms with Gasteiger partial charge in [0, 0.05) is 18.6 Å². The summed E-state index contributed by atoms with van der Waals surface area (Å²) >= 11 is 0. The molecule has 0 atom stereocenters. The summed E-state index contributed by atoms with van der Waals surface area (Å²) in [5.74, 6) is 4.57. The lowest BCUT2D eigenvalue weighted by molar-refractivity contribution is 0.0599. The first-order valence-electron chi connectivity index (χ1n) is 5.58. The number of ether oxygens (including phenoxy) is 1. The molecular formula is C14H15FO3. The van der Waals surface area contributed by atoms with Gasteiger partial charge in [0.1, 0.15) is 5.82 Å². The number of hydrogen-bond donors (Lipinski definition) is 1. The maximum absolute atomic E-state index is 13.3. The molecule has 1 rings (SSSR count). The highest BCUT2D eigenvalue weighted by Crippen LogP contribution is 2.16. The van der Waals surface area contributed by atoms with Crippen molar-refractivity contribution < 1.29 is 19.0 Å². The quantitative estimate of drug-likeness (QED) is 0.507. The maximum atomic E-state index is 13.3. The first-order chi connectivity index (χ1) is 8.60.